The summed E-state index contributed by atoms with van der Waals surface area (Å²) in [5, 5.41) is 12.9. The Morgan fingerprint density at radius 2 is 2.00 bits per heavy atom. The Labute approximate surface area is 112 Å². The molecular formula is C12H21N5S. The van der Waals surface area contributed by atoms with E-state index in [1.165, 1.54) is 44.9 Å². The summed E-state index contributed by atoms with van der Waals surface area (Å²) in [6, 6.07) is 0.841. The van der Waals surface area contributed by atoms with Crippen LogP contribution in [0.3, 0.4) is 0 Å². The maximum Gasteiger partial charge on any atom is 0.209 e. The Balaban J connectivity index is 1.51. The standard InChI is InChI=1S/C12H21N5S/c13-11(9-4-2-1-3-5-9)8-18-12-14-15-16-17(12)10-6-7-10/h9-11H,1-8,13H2. The van der Waals surface area contributed by atoms with Crippen molar-refractivity contribution in [3.63, 3.8) is 0 Å². The van der Waals surface area contributed by atoms with Crippen LogP contribution < -0.4 is 5.73 Å². The Morgan fingerprint density at radius 3 is 2.72 bits per heavy atom. The number of hydrogen-bond acceptors (Lipinski definition) is 5. The summed E-state index contributed by atoms with van der Waals surface area (Å²) in [5.41, 5.74) is 6.31. The van der Waals surface area contributed by atoms with Crippen molar-refractivity contribution in [3.8, 4) is 0 Å². The van der Waals surface area contributed by atoms with Crippen LogP contribution in [0.2, 0.25) is 0 Å². The first-order valence-electron chi connectivity index (χ1n) is 7.01. The second-order valence-corrected chi connectivity index (χ2v) is 6.50. The molecule has 0 amide bonds. The third-order valence-corrected chi connectivity index (χ3v) is 5.09. The first kappa shape index (κ1) is 12.4. The average Bonchev–Trinajstić information content (AvgIpc) is 3.16. The molecule has 1 aromatic rings. The van der Waals surface area contributed by atoms with Crippen LogP contribution in [0.5, 0.6) is 0 Å². The van der Waals surface area contributed by atoms with E-state index in [0.29, 0.717) is 18.0 Å². The summed E-state index contributed by atoms with van der Waals surface area (Å²) in [7, 11) is 0. The van der Waals surface area contributed by atoms with Gasteiger partial charge in [-0.25, -0.2) is 4.68 Å². The highest BCUT2D eigenvalue weighted by atomic mass is 32.2. The van der Waals surface area contributed by atoms with Crippen LogP contribution >= 0.6 is 11.8 Å². The van der Waals surface area contributed by atoms with Gasteiger partial charge in [0.2, 0.25) is 5.16 Å². The summed E-state index contributed by atoms with van der Waals surface area (Å²) >= 11 is 1.73. The van der Waals surface area contributed by atoms with Gasteiger partial charge in [-0.1, -0.05) is 31.0 Å². The monoisotopic (exact) mass is 267 g/mol. The van der Waals surface area contributed by atoms with Gasteiger partial charge in [-0.15, -0.1) is 5.10 Å². The predicted octanol–water partition coefficient (Wildman–Crippen LogP) is 2.01. The summed E-state index contributed by atoms with van der Waals surface area (Å²) in [6.07, 6.45) is 9.12. The van der Waals surface area contributed by atoms with E-state index >= 15 is 0 Å². The third-order valence-electron chi connectivity index (χ3n) is 4.02. The number of hydrogen-bond donors (Lipinski definition) is 1. The van der Waals surface area contributed by atoms with Crippen LogP contribution in [0.15, 0.2) is 5.16 Å². The predicted molar refractivity (Wildman–Crippen MR) is 71.4 cm³/mol. The molecule has 2 saturated carbocycles. The molecule has 0 saturated heterocycles. The van der Waals surface area contributed by atoms with Crippen LogP contribution in [0.25, 0.3) is 0 Å². The van der Waals surface area contributed by atoms with Crippen LogP contribution in [0.1, 0.15) is 51.0 Å². The van der Waals surface area contributed by atoms with Crippen LogP contribution in [-0.4, -0.2) is 32.0 Å². The molecule has 6 heteroatoms. The fraction of sp³-hybridized carbons (Fsp3) is 0.917. The van der Waals surface area contributed by atoms with Crippen LogP contribution in [0, 0.1) is 5.92 Å². The molecule has 1 atom stereocenters. The number of thioether (sulfide) groups is 1. The van der Waals surface area contributed by atoms with Crippen LogP contribution in [-0.2, 0) is 0 Å². The number of nitrogens with zero attached hydrogens (tertiary/aromatic N) is 4. The largest absolute Gasteiger partial charge is 0.327 e. The van der Waals surface area contributed by atoms with Crippen molar-refractivity contribution in [1.29, 1.82) is 0 Å². The van der Waals surface area contributed by atoms with E-state index in [-0.39, 0.29) is 0 Å². The minimum absolute atomic E-state index is 0.291. The second-order valence-electron chi connectivity index (χ2n) is 5.51. The fourth-order valence-electron chi connectivity index (χ4n) is 2.70. The Kier molecular flexibility index (Phi) is 3.84. The Hall–Kier alpha value is -0.620. The molecular weight excluding hydrogens is 246 g/mol. The number of tetrazole rings is 1. The lowest BCUT2D eigenvalue weighted by molar-refractivity contribution is 0.319. The zero-order valence-corrected chi connectivity index (χ0v) is 11.5. The van der Waals surface area contributed by atoms with Crippen molar-refractivity contribution in [2.45, 2.75) is 62.2 Å². The molecule has 1 unspecified atom stereocenters. The van der Waals surface area contributed by atoms with Gasteiger partial charge < -0.3 is 5.73 Å². The zero-order valence-electron chi connectivity index (χ0n) is 10.7. The van der Waals surface area contributed by atoms with Crippen molar-refractivity contribution in [2.24, 2.45) is 11.7 Å². The average molecular weight is 267 g/mol. The molecule has 0 aromatic carbocycles. The van der Waals surface area contributed by atoms with E-state index in [4.69, 9.17) is 5.73 Å². The van der Waals surface area contributed by atoms with Crippen molar-refractivity contribution in [1.82, 2.24) is 20.2 Å². The molecule has 2 fully saturated rings. The highest BCUT2D eigenvalue weighted by Gasteiger charge is 2.28. The molecule has 18 heavy (non-hydrogen) atoms. The van der Waals surface area contributed by atoms with Gasteiger partial charge in [-0.05, 0) is 42.0 Å². The van der Waals surface area contributed by atoms with Gasteiger partial charge in [0.25, 0.3) is 0 Å². The van der Waals surface area contributed by atoms with E-state index in [1.807, 2.05) is 4.68 Å². The molecule has 5 nitrogen and oxygen atoms in total. The highest BCUT2D eigenvalue weighted by molar-refractivity contribution is 7.99. The van der Waals surface area contributed by atoms with Crippen molar-refractivity contribution < 1.29 is 0 Å². The molecule has 2 aliphatic rings. The van der Waals surface area contributed by atoms with E-state index in [0.717, 1.165) is 10.9 Å². The van der Waals surface area contributed by atoms with Crippen LogP contribution in [0.4, 0.5) is 0 Å². The zero-order chi connectivity index (χ0) is 12.4. The van der Waals surface area contributed by atoms with Crippen molar-refractivity contribution in [3.05, 3.63) is 0 Å². The Bertz CT molecular complexity index is 384. The second kappa shape index (κ2) is 5.57. The number of rotatable bonds is 5. The SMILES string of the molecule is NC(CSc1nnnn1C1CC1)C1CCCCC1. The summed E-state index contributed by atoms with van der Waals surface area (Å²) < 4.78 is 1.97. The van der Waals surface area contributed by atoms with Crippen molar-refractivity contribution >= 4 is 11.8 Å². The molecule has 3 rings (SSSR count). The number of nitrogens with two attached hydrogens (primary N) is 1. The molecule has 0 bridgehead atoms. The topological polar surface area (TPSA) is 69.6 Å². The minimum Gasteiger partial charge on any atom is -0.327 e. The molecule has 1 aromatic heterocycles. The molecule has 1 heterocycles. The highest BCUT2D eigenvalue weighted by Crippen LogP contribution is 2.36. The lowest BCUT2D eigenvalue weighted by atomic mass is 9.85. The van der Waals surface area contributed by atoms with Gasteiger partial charge in [0, 0.05) is 11.8 Å². The minimum atomic E-state index is 0.291. The molecule has 0 spiro atoms. The van der Waals surface area contributed by atoms with Gasteiger partial charge in [-0.2, -0.15) is 0 Å². The maximum atomic E-state index is 6.31. The molecule has 2 aliphatic carbocycles. The summed E-state index contributed by atoms with van der Waals surface area (Å²) in [6.45, 7) is 0. The van der Waals surface area contributed by atoms with Gasteiger partial charge >= 0.3 is 0 Å². The normalized spacial score (nSPS) is 23.2. The molecule has 0 radical (unpaired) electrons. The quantitative estimate of drug-likeness (QED) is 0.826. The van der Waals surface area contributed by atoms with Gasteiger partial charge in [0.15, 0.2) is 0 Å². The third kappa shape index (κ3) is 2.85. The van der Waals surface area contributed by atoms with E-state index in [1.54, 1.807) is 11.8 Å². The van der Waals surface area contributed by atoms with Gasteiger partial charge in [-0.3, -0.25) is 0 Å². The molecule has 100 valence electrons. The van der Waals surface area contributed by atoms with Crippen molar-refractivity contribution in [2.75, 3.05) is 5.75 Å². The maximum absolute atomic E-state index is 6.31. The van der Waals surface area contributed by atoms with Gasteiger partial charge in [0.05, 0.1) is 6.04 Å². The summed E-state index contributed by atoms with van der Waals surface area (Å²) in [4.78, 5) is 0. The first-order chi connectivity index (χ1) is 8.84. The molecule has 0 aliphatic heterocycles. The Morgan fingerprint density at radius 1 is 1.22 bits per heavy atom. The van der Waals surface area contributed by atoms with E-state index < -0.39 is 0 Å². The molecule has 2 N–H and O–H groups in total. The fourth-order valence-corrected chi connectivity index (χ4v) is 3.72. The van der Waals surface area contributed by atoms with E-state index in [9.17, 15) is 0 Å². The lowest BCUT2D eigenvalue weighted by Crippen LogP contribution is -2.33. The summed E-state index contributed by atoms with van der Waals surface area (Å²) in [5.74, 6) is 1.65. The smallest absolute Gasteiger partial charge is 0.209 e. The number of aromatic nitrogens is 4. The first-order valence-corrected chi connectivity index (χ1v) is 7.99. The van der Waals surface area contributed by atoms with Gasteiger partial charge in [0.1, 0.15) is 0 Å². The van der Waals surface area contributed by atoms with E-state index in [2.05, 4.69) is 15.5 Å². The lowest BCUT2D eigenvalue weighted by Gasteiger charge is -2.26.